The van der Waals surface area contributed by atoms with Gasteiger partial charge in [0.15, 0.2) is 0 Å². The molecule has 0 atom stereocenters. The van der Waals surface area contributed by atoms with Crippen LogP contribution in [0.2, 0.25) is 0 Å². The minimum absolute atomic E-state index is 0.0506. The largest absolute Gasteiger partial charge is 0.356 e. The van der Waals surface area contributed by atoms with Crippen LogP contribution in [0.15, 0.2) is 83.1 Å². The molecule has 0 saturated heterocycles. The molecule has 0 saturated carbocycles. The zero-order valence-electron chi connectivity index (χ0n) is 21.4. The predicted octanol–water partition coefficient (Wildman–Crippen LogP) is 6.09. The van der Waals surface area contributed by atoms with Gasteiger partial charge in [0.2, 0.25) is 5.91 Å². The van der Waals surface area contributed by atoms with Crippen molar-refractivity contribution in [3.63, 3.8) is 0 Å². The molecule has 0 radical (unpaired) electrons. The highest BCUT2D eigenvalue weighted by Crippen LogP contribution is 2.01. The lowest BCUT2D eigenvalue weighted by atomic mass is 10.2. The highest BCUT2D eigenvalue weighted by molar-refractivity contribution is 6.12. The molecule has 5 heteroatoms. The molecular formula is C30H43N3O2. The van der Waals surface area contributed by atoms with Crippen molar-refractivity contribution in [1.29, 1.82) is 0 Å². The van der Waals surface area contributed by atoms with Crippen LogP contribution in [0, 0.1) is 0 Å². The lowest BCUT2D eigenvalue weighted by molar-refractivity contribution is -0.121. The van der Waals surface area contributed by atoms with Gasteiger partial charge in [-0.05, 0) is 69.9 Å². The molecule has 2 N–H and O–H groups in total. The molecule has 1 aliphatic heterocycles. The first-order valence-electron chi connectivity index (χ1n) is 13.0. The van der Waals surface area contributed by atoms with Gasteiger partial charge in [-0.15, -0.1) is 5.73 Å². The van der Waals surface area contributed by atoms with Crippen LogP contribution in [0.4, 0.5) is 0 Å². The van der Waals surface area contributed by atoms with E-state index in [1.165, 1.54) is 0 Å². The van der Waals surface area contributed by atoms with Crippen molar-refractivity contribution < 1.29 is 9.59 Å². The maximum absolute atomic E-state index is 11.9. The second kappa shape index (κ2) is 22.6. The fourth-order valence-corrected chi connectivity index (χ4v) is 3.11. The molecule has 1 heterocycles. The number of rotatable bonds is 18. The number of amides is 2. The highest BCUT2D eigenvalue weighted by Gasteiger charge is 2.07. The Labute approximate surface area is 212 Å². The van der Waals surface area contributed by atoms with Crippen molar-refractivity contribution in [2.45, 2.75) is 71.1 Å². The molecule has 190 valence electrons. The SMILES string of the molecule is CC/C=C\C/C=C\C/C=C\C/C=C\CC=C=CCCC(=O)NCCCCNC(=O)C1=CCCN=C1. The predicted molar refractivity (Wildman–Crippen MR) is 149 cm³/mol. The quantitative estimate of drug-likeness (QED) is 0.143. The summed E-state index contributed by atoms with van der Waals surface area (Å²) in [5.41, 5.74) is 3.78. The van der Waals surface area contributed by atoms with Gasteiger partial charge in [0.1, 0.15) is 0 Å². The molecule has 35 heavy (non-hydrogen) atoms. The summed E-state index contributed by atoms with van der Waals surface area (Å²) in [5.74, 6) is -0.0195. The number of nitrogens with one attached hydrogen (secondary N) is 2. The molecule has 0 aromatic heterocycles. The summed E-state index contributed by atoms with van der Waals surface area (Å²) in [7, 11) is 0. The van der Waals surface area contributed by atoms with E-state index in [9.17, 15) is 9.59 Å². The van der Waals surface area contributed by atoms with E-state index in [4.69, 9.17) is 0 Å². The molecule has 0 bridgehead atoms. The molecule has 0 spiro atoms. The Morgan fingerprint density at radius 1 is 0.886 bits per heavy atom. The summed E-state index contributed by atoms with van der Waals surface area (Å²) < 4.78 is 0. The van der Waals surface area contributed by atoms with Crippen molar-refractivity contribution in [2.75, 3.05) is 19.6 Å². The number of unbranched alkanes of at least 4 members (excludes halogenated alkanes) is 1. The third-order valence-corrected chi connectivity index (χ3v) is 5.05. The molecule has 0 unspecified atom stereocenters. The molecular weight excluding hydrogens is 434 g/mol. The van der Waals surface area contributed by atoms with E-state index in [1.54, 1.807) is 6.21 Å². The van der Waals surface area contributed by atoms with Crippen molar-refractivity contribution in [3.05, 3.63) is 78.1 Å². The smallest absolute Gasteiger partial charge is 0.252 e. The Morgan fingerprint density at radius 2 is 1.51 bits per heavy atom. The Bertz CT molecular complexity index is 838. The number of allylic oxidation sites excluding steroid dienone is 9. The van der Waals surface area contributed by atoms with Gasteiger partial charge in [-0.2, -0.15) is 0 Å². The number of aliphatic imine (C=N–C) groups is 1. The fourth-order valence-electron chi connectivity index (χ4n) is 3.11. The summed E-state index contributed by atoms with van der Waals surface area (Å²) in [4.78, 5) is 27.9. The first-order valence-corrected chi connectivity index (χ1v) is 13.0. The average molecular weight is 478 g/mol. The standard InChI is InChI=1S/C30H43N3O2/c1-2-3-4-5-6-7-8-9-10-11-12-13-14-15-16-17-18-23-29(34)32-25-19-20-26-33-30(35)28-22-21-24-31-27-28/h3-4,6-7,9-10,12-13,15,17,22,27H,2,5,8,11,14,18-21,23-26H2,1H3,(H,32,34)(H,33,35)/b4-3-,7-6-,10-9-,13-12-. The van der Waals surface area contributed by atoms with Crippen LogP contribution in [-0.4, -0.2) is 37.7 Å². The minimum atomic E-state index is -0.0701. The van der Waals surface area contributed by atoms with Crippen molar-refractivity contribution in [1.82, 2.24) is 10.6 Å². The van der Waals surface area contributed by atoms with Crippen LogP contribution in [0.5, 0.6) is 0 Å². The van der Waals surface area contributed by atoms with E-state index in [0.717, 1.165) is 57.9 Å². The average Bonchev–Trinajstić information content (AvgIpc) is 2.88. The fraction of sp³-hybridized carbons (Fsp3) is 0.467. The van der Waals surface area contributed by atoms with Crippen LogP contribution in [0.1, 0.15) is 71.1 Å². The van der Waals surface area contributed by atoms with Gasteiger partial charge in [0.05, 0.1) is 5.57 Å². The van der Waals surface area contributed by atoms with Gasteiger partial charge in [-0.3, -0.25) is 14.6 Å². The third kappa shape index (κ3) is 18.9. The van der Waals surface area contributed by atoms with Gasteiger partial charge in [0.25, 0.3) is 5.91 Å². The third-order valence-electron chi connectivity index (χ3n) is 5.05. The minimum Gasteiger partial charge on any atom is -0.356 e. The topological polar surface area (TPSA) is 70.6 Å². The van der Waals surface area contributed by atoms with Crippen LogP contribution < -0.4 is 10.6 Å². The monoisotopic (exact) mass is 477 g/mol. The molecule has 1 aliphatic rings. The van der Waals surface area contributed by atoms with Crippen LogP contribution in [0.25, 0.3) is 0 Å². The normalized spacial score (nSPS) is 13.5. The lowest BCUT2D eigenvalue weighted by Crippen LogP contribution is -2.28. The summed E-state index contributed by atoms with van der Waals surface area (Å²) in [5, 5.41) is 5.81. The van der Waals surface area contributed by atoms with E-state index >= 15 is 0 Å². The molecule has 0 aromatic carbocycles. The Morgan fingerprint density at radius 3 is 2.14 bits per heavy atom. The second-order valence-corrected chi connectivity index (χ2v) is 8.15. The molecule has 1 rings (SSSR count). The zero-order valence-corrected chi connectivity index (χ0v) is 21.4. The first-order chi connectivity index (χ1) is 17.2. The number of hydrogen-bond acceptors (Lipinski definition) is 3. The molecule has 0 aliphatic carbocycles. The summed E-state index contributed by atoms with van der Waals surface area (Å²) in [6.45, 7) is 4.14. The van der Waals surface area contributed by atoms with Crippen LogP contribution in [-0.2, 0) is 9.59 Å². The maximum Gasteiger partial charge on any atom is 0.252 e. The van der Waals surface area contributed by atoms with Gasteiger partial charge in [-0.1, -0.05) is 61.6 Å². The maximum atomic E-state index is 11.9. The Hall–Kier alpha value is -3.17. The van der Waals surface area contributed by atoms with Gasteiger partial charge in [-0.25, -0.2) is 0 Å². The molecule has 2 amide bonds. The number of nitrogens with zero attached hydrogens (tertiary/aromatic N) is 1. The summed E-state index contributed by atoms with van der Waals surface area (Å²) >= 11 is 0. The van der Waals surface area contributed by atoms with Gasteiger partial charge < -0.3 is 10.6 Å². The van der Waals surface area contributed by atoms with E-state index in [-0.39, 0.29) is 11.8 Å². The highest BCUT2D eigenvalue weighted by atomic mass is 16.2. The number of dihydropyridines is 1. The molecule has 5 nitrogen and oxygen atoms in total. The Balaban J connectivity index is 1.96. The summed E-state index contributed by atoms with van der Waals surface area (Å²) in [6.07, 6.45) is 33.4. The van der Waals surface area contributed by atoms with Crippen molar-refractivity contribution in [2.24, 2.45) is 4.99 Å². The molecule has 0 aromatic rings. The number of carbonyl (C=O) groups excluding carboxylic acids is 2. The lowest BCUT2D eigenvalue weighted by Gasteiger charge is -2.08. The van der Waals surface area contributed by atoms with Crippen molar-refractivity contribution >= 4 is 18.0 Å². The van der Waals surface area contributed by atoms with Crippen LogP contribution in [0.3, 0.4) is 0 Å². The van der Waals surface area contributed by atoms with Gasteiger partial charge >= 0.3 is 0 Å². The van der Waals surface area contributed by atoms with E-state index in [0.29, 0.717) is 31.5 Å². The van der Waals surface area contributed by atoms with E-state index in [2.05, 4.69) is 76.9 Å². The first kappa shape index (κ1) is 29.9. The van der Waals surface area contributed by atoms with Crippen molar-refractivity contribution in [3.8, 4) is 0 Å². The Kier molecular flexibility index (Phi) is 19.3. The number of carbonyl (C=O) groups is 2. The van der Waals surface area contributed by atoms with E-state index in [1.807, 2.05) is 18.2 Å². The second-order valence-electron chi connectivity index (χ2n) is 8.15. The van der Waals surface area contributed by atoms with E-state index < -0.39 is 0 Å². The van der Waals surface area contributed by atoms with Crippen LogP contribution >= 0.6 is 0 Å². The summed E-state index contributed by atoms with van der Waals surface area (Å²) in [6, 6.07) is 0. The zero-order chi connectivity index (χ0) is 25.2. The molecule has 0 fully saturated rings. The number of hydrogen-bond donors (Lipinski definition) is 2. The van der Waals surface area contributed by atoms with Gasteiger partial charge in [0, 0.05) is 32.3 Å².